The summed E-state index contributed by atoms with van der Waals surface area (Å²) in [5, 5.41) is 10.0. The summed E-state index contributed by atoms with van der Waals surface area (Å²) in [7, 11) is 0. The van der Waals surface area contributed by atoms with Crippen LogP contribution in [0.3, 0.4) is 0 Å². The van der Waals surface area contributed by atoms with E-state index in [2.05, 4.69) is 4.84 Å². The number of primary amides is 3. The molecule has 0 heterocycles. The van der Waals surface area contributed by atoms with Gasteiger partial charge in [0, 0.05) is 0 Å². The van der Waals surface area contributed by atoms with Gasteiger partial charge in [0.1, 0.15) is 5.92 Å². The number of rotatable bonds is 10. The molecule has 2 atom stereocenters. The largest absolute Gasteiger partial charge is 1.00 e. The molecule has 0 spiro atoms. The van der Waals surface area contributed by atoms with Gasteiger partial charge in [0.25, 0.3) is 0 Å². The molecule has 10 nitrogen and oxygen atoms in total. The second kappa shape index (κ2) is 12.1. The maximum atomic E-state index is 12.6. The van der Waals surface area contributed by atoms with E-state index in [1.165, 1.54) is 0 Å². The second-order valence-electron chi connectivity index (χ2n) is 6.35. The molecule has 0 aliphatic carbocycles. The molecule has 0 fully saturated rings. The monoisotopic (exact) mass is 384 g/mol. The van der Waals surface area contributed by atoms with E-state index in [0.717, 1.165) is 0 Å². The molecule has 26 heavy (non-hydrogen) atoms. The Labute approximate surface area is 176 Å². The van der Waals surface area contributed by atoms with Crippen LogP contribution in [0.5, 0.6) is 0 Å². The van der Waals surface area contributed by atoms with E-state index in [9.17, 15) is 24.3 Å². The van der Waals surface area contributed by atoms with Crippen LogP contribution < -0.4 is 52.2 Å². The first kappa shape index (κ1) is 26.9. The molecule has 0 aliphatic heterocycles. The van der Waals surface area contributed by atoms with Crippen molar-refractivity contribution in [1.29, 1.82) is 0 Å². The summed E-state index contributed by atoms with van der Waals surface area (Å²) in [6, 6.07) is -1.13. The number of aliphatic hydroxyl groups is 1. The van der Waals surface area contributed by atoms with Gasteiger partial charge in [-0.25, -0.2) is 9.59 Å². The zero-order chi connectivity index (χ0) is 19.8. The van der Waals surface area contributed by atoms with Gasteiger partial charge in [-0.05, 0) is 25.2 Å². The molecular weight excluding hydrogens is 355 g/mol. The van der Waals surface area contributed by atoms with Crippen LogP contribution in [0, 0.1) is 17.3 Å². The standard InChI is InChI=1S/C15H28N4O6.Na.H/c1-4-6-15(7-5-9(20)8(2)3,10(11(16)21)12(17)22)13(23)25-19-14(18)24;;/h8-10,20H,4-7H2,1-3H3,(H2,16,21)(H2,17,22)(H3,18,19,24);;/q;+1;-1. The van der Waals surface area contributed by atoms with Gasteiger partial charge in [0.2, 0.25) is 11.8 Å². The molecule has 0 aliphatic rings. The van der Waals surface area contributed by atoms with Gasteiger partial charge in [-0.2, -0.15) is 5.48 Å². The van der Waals surface area contributed by atoms with Gasteiger partial charge in [-0.15, -0.1) is 0 Å². The molecule has 0 aromatic heterocycles. The summed E-state index contributed by atoms with van der Waals surface area (Å²) in [6.07, 6.45) is -0.348. The molecular formula is C15H29N4NaO6. The van der Waals surface area contributed by atoms with Crippen molar-refractivity contribution in [3.8, 4) is 0 Å². The van der Waals surface area contributed by atoms with Crippen molar-refractivity contribution >= 4 is 23.8 Å². The average molecular weight is 384 g/mol. The minimum absolute atomic E-state index is 0. The Morgan fingerprint density at radius 2 is 1.62 bits per heavy atom. The van der Waals surface area contributed by atoms with E-state index >= 15 is 0 Å². The summed E-state index contributed by atoms with van der Waals surface area (Å²) in [6.45, 7) is 5.28. The average Bonchev–Trinajstić information content (AvgIpc) is 2.48. The summed E-state index contributed by atoms with van der Waals surface area (Å²) in [5.41, 5.74) is 15.4. The number of hydrogen-bond acceptors (Lipinski definition) is 6. The first-order valence-corrected chi connectivity index (χ1v) is 8.03. The Morgan fingerprint density at radius 1 is 1.12 bits per heavy atom. The Bertz CT molecular complexity index is 509. The van der Waals surface area contributed by atoms with Crippen LogP contribution in [0.2, 0.25) is 0 Å². The van der Waals surface area contributed by atoms with Gasteiger partial charge in [0.05, 0.1) is 11.5 Å². The molecule has 0 aromatic rings. The number of carbonyl (C=O) groups is 4. The van der Waals surface area contributed by atoms with E-state index in [4.69, 9.17) is 17.2 Å². The molecule has 0 rings (SSSR count). The third-order valence-corrected chi connectivity index (χ3v) is 4.12. The van der Waals surface area contributed by atoms with Crippen molar-refractivity contribution in [2.75, 3.05) is 0 Å². The predicted molar refractivity (Wildman–Crippen MR) is 89.2 cm³/mol. The number of nitrogens with one attached hydrogen (secondary N) is 1. The van der Waals surface area contributed by atoms with Crippen molar-refractivity contribution in [2.45, 2.75) is 52.6 Å². The molecule has 11 heteroatoms. The first-order valence-electron chi connectivity index (χ1n) is 8.03. The van der Waals surface area contributed by atoms with Crippen LogP contribution >= 0.6 is 0 Å². The van der Waals surface area contributed by atoms with E-state index in [-0.39, 0.29) is 56.2 Å². The molecule has 0 bridgehead atoms. The first-order chi connectivity index (χ1) is 11.5. The molecule has 0 radical (unpaired) electrons. The molecule has 8 N–H and O–H groups in total. The normalized spacial score (nSPS) is 14.1. The number of urea groups is 1. The van der Waals surface area contributed by atoms with Crippen LogP contribution in [0.15, 0.2) is 0 Å². The third kappa shape index (κ3) is 7.48. The Kier molecular flexibility index (Phi) is 12.5. The maximum Gasteiger partial charge on any atom is 1.00 e. The molecule has 2 unspecified atom stereocenters. The van der Waals surface area contributed by atoms with E-state index in [0.29, 0.717) is 6.42 Å². The molecule has 0 saturated heterocycles. The smallest absolute Gasteiger partial charge is 1.00 e. The van der Waals surface area contributed by atoms with Gasteiger partial charge in [0.15, 0.2) is 0 Å². The van der Waals surface area contributed by atoms with Crippen molar-refractivity contribution < 1.29 is 60.1 Å². The number of carbonyl (C=O) groups excluding carboxylic acids is 4. The summed E-state index contributed by atoms with van der Waals surface area (Å²) in [4.78, 5) is 51.7. The Hall–Kier alpha value is -1.36. The summed E-state index contributed by atoms with van der Waals surface area (Å²) < 4.78 is 0. The van der Waals surface area contributed by atoms with Crippen LogP contribution in [0.25, 0.3) is 0 Å². The quantitative estimate of drug-likeness (QED) is 0.147. The van der Waals surface area contributed by atoms with Gasteiger partial charge >= 0.3 is 41.6 Å². The van der Waals surface area contributed by atoms with E-state index in [1.807, 2.05) is 0 Å². The van der Waals surface area contributed by atoms with Crippen LogP contribution in [0.4, 0.5) is 4.79 Å². The van der Waals surface area contributed by atoms with Crippen molar-refractivity contribution in [3.63, 3.8) is 0 Å². The number of amides is 4. The van der Waals surface area contributed by atoms with Crippen molar-refractivity contribution in [1.82, 2.24) is 5.48 Å². The molecule has 146 valence electrons. The summed E-state index contributed by atoms with van der Waals surface area (Å²) in [5.74, 6) is -5.01. The zero-order valence-corrected chi connectivity index (χ0v) is 17.8. The number of hydroxylamine groups is 1. The van der Waals surface area contributed by atoms with E-state index in [1.54, 1.807) is 26.3 Å². The second-order valence-corrected chi connectivity index (χ2v) is 6.35. The fraction of sp³-hybridized carbons (Fsp3) is 0.733. The zero-order valence-electron chi connectivity index (χ0n) is 16.8. The Balaban J connectivity index is -0.00000288. The van der Waals surface area contributed by atoms with Gasteiger partial charge < -0.3 is 28.6 Å². The SMILES string of the molecule is CCCC(CCC(O)C(C)C)(C(=O)ONC(N)=O)C(C(N)=O)C(N)=O.[H-].[Na+]. The number of nitrogens with two attached hydrogens (primary N) is 3. The molecule has 0 saturated carbocycles. The van der Waals surface area contributed by atoms with Gasteiger partial charge in [-0.1, -0.05) is 27.2 Å². The minimum Gasteiger partial charge on any atom is -1.00 e. The summed E-state index contributed by atoms with van der Waals surface area (Å²) >= 11 is 0. The molecule has 0 aromatic carbocycles. The van der Waals surface area contributed by atoms with Crippen molar-refractivity contribution in [2.24, 2.45) is 34.5 Å². The minimum atomic E-state index is -1.72. The fourth-order valence-electron chi connectivity index (χ4n) is 2.80. The fourth-order valence-corrected chi connectivity index (χ4v) is 2.80. The molecule has 4 amide bonds. The van der Waals surface area contributed by atoms with Crippen LogP contribution in [-0.2, 0) is 19.2 Å². The van der Waals surface area contributed by atoms with Crippen LogP contribution in [-0.4, -0.2) is 35.0 Å². The predicted octanol–water partition coefficient (Wildman–Crippen LogP) is -3.60. The van der Waals surface area contributed by atoms with Crippen molar-refractivity contribution in [3.05, 3.63) is 0 Å². The van der Waals surface area contributed by atoms with Gasteiger partial charge in [-0.3, -0.25) is 9.59 Å². The topological polar surface area (TPSA) is 188 Å². The number of hydrogen-bond donors (Lipinski definition) is 5. The van der Waals surface area contributed by atoms with Crippen LogP contribution in [0.1, 0.15) is 47.9 Å². The maximum absolute atomic E-state index is 12.6. The Morgan fingerprint density at radius 3 is 1.96 bits per heavy atom. The number of aliphatic hydroxyl groups excluding tert-OH is 1. The van der Waals surface area contributed by atoms with E-state index < -0.39 is 41.3 Å². The third-order valence-electron chi connectivity index (χ3n) is 4.12.